The molecule has 1 radical (unpaired) electrons. The minimum atomic E-state index is -1.99. The van der Waals surface area contributed by atoms with E-state index in [1.807, 2.05) is 24.3 Å². The molecular weight excluding hydrogens is 809 g/mol. The number of methoxy groups -OCH3 is 1. The first-order chi connectivity index (χ1) is 31.0. The van der Waals surface area contributed by atoms with Gasteiger partial charge in [-0.25, -0.2) is 19.6 Å². The molecule has 64 heavy (non-hydrogen) atoms. The molecule has 4 heterocycles. The molecule has 0 aliphatic carbocycles. The van der Waals surface area contributed by atoms with Gasteiger partial charge in [-0.15, -0.1) is 0 Å². The predicted octanol–water partition coefficient (Wildman–Crippen LogP) is 8.15. The van der Waals surface area contributed by atoms with Gasteiger partial charge in [0.25, 0.3) is 11.8 Å². The number of fused-ring (bicyclic) bond motifs is 1. The van der Waals surface area contributed by atoms with Crippen LogP contribution in [0.25, 0.3) is 44.4 Å². The summed E-state index contributed by atoms with van der Waals surface area (Å²) >= 11 is 0. The van der Waals surface area contributed by atoms with E-state index in [4.69, 9.17) is 15.5 Å². The highest BCUT2D eigenvalue weighted by molar-refractivity contribution is 6.08. The van der Waals surface area contributed by atoms with Gasteiger partial charge in [0.05, 0.1) is 43.0 Å². The van der Waals surface area contributed by atoms with Crippen LogP contribution in [0, 0.1) is 7.05 Å². The van der Waals surface area contributed by atoms with Gasteiger partial charge < -0.3 is 35.3 Å². The van der Waals surface area contributed by atoms with Gasteiger partial charge in [-0.05, 0) is 76.4 Å². The third-order valence-corrected chi connectivity index (χ3v) is 12.5. The Morgan fingerprint density at radius 1 is 0.734 bits per heavy atom. The van der Waals surface area contributed by atoms with Crippen molar-refractivity contribution in [3.63, 3.8) is 0 Å². The van der Waals surface area contributed by atoms with Crippen LogP contribution in [-0.2, 0) is 24.7 Å². The van der Waals surface area contributed by atoms with Gasteiger partial charge in [-0.1, -0.05) is 109 Å². The van der Waals surface area contributed by atoms with Crippen molar-refractivity contribution in [2.75, 3.05) is 20.2 Å². The van der Waals surface area contributed by atoms with E-state index in [1.165, 1.54) is 7.11 Å². The highest BCUT2D eigenvalue weighted by Gasteiger charge is 2.50. The predicted molar refractivity (Wildman–Crippen MR) is 241 cm³/mol. The number of nitrogens with two attached hydrogens (primary N) is 1. The molecule has 3 amide bonds. The summed E-state index contributed by atoms with van der Waals surface area (Å²) in [4.78, 5) is 73.4. The fraction of sp³-hybridized carbons (Fsp3) is 0.220. The highest BCUT2D eigenvalue weighted by atomic mass is 16.5. The SMILES string of the molecule is [CH2]N(C(=O)O)C(C(=O)N1CCCC1c1ncc(-c2ccc(-c3ccc4cc(-c5cnc(C6CCCN6C(=O)C(N)(C(=O)OC)c6ccccc6)[nH]5)ccc4c3)cc2)[nH]1)c1ccccc1. The van der Waals surface area contributed by atoms with Crippen molar-refractivity contribution in [2.24, 2.45) is 5.73 Å². The van der Waals surface area contributed by atoms with Crippen molar-refractivity contribution >= 4 is 34.6 Å². The Morgan fingerprint density at radius 3 is 1.86 bits per heavy atom. The fourth-order valence-corrected chi connectivity index (χ4v) is 9.13. The number of carbonyl (C=O) groups excluding carboxylic acids is 3. The van der Waals surface area contributed by atoms with E-state index in [0.29, 0.717) is 48.7 Å². The number of hydrogen-bond acceptors (Lipinski definition) is 8. The molecule has 7 aromatic rings. The second kappa shape index (κ2) is 17.3. The lowest BCUT2D eigenvalue weighted by Crippen LogP contribution is -2.58. The second-order valence-corrected chi connectivity index (χ2v) is 16.3. The van der Waals surface area contributed by atoms with Crippen molar-refractivity contribution in [3.05, 3.63) is 164 Å². The van der Waals surface area contributed by atoms with Crippen LogP contribution in [0.15, 0.2) is 134 Å². The molecule has 2 fully saturated rings. The van der Waals surface area contributed by atoms with Gasteiger partial charge in [0.15, 0.2) is 0 Å². The summed E-state index contributed by atoms with van der Waals surface area (Å²) in [5.74, 6) is -0.411. The number of nitrogens with one attached hydrogen (secondary N) is 2. The van der Waals surface area contributed by atoms with Crippen molar-refractivity contribution in [2.45, 2.75) is 49.3 Å². The maximum absolute atomic E-state index is 14.1. The molecule has 4 unspecified atom stereocenters. The quantitative estimate of drug-likeness (QED) is 0.0735. The van der Waals surface area contributed by atoms with Crippen LogP contribution in [0.4, 0.5) is 4.79 Å². The highest BCUT2D eigenvalue weighted by Crippen LogP contribution is 2.38. The van der Waals surface area contributed by atoms with Crippen molar-refractivity contribution in [1.82, 2.24) is 34.6 Å². The number of carboxylic acid groups (broad SMARTS) is 1. The van der Waals surface area contributed by atoms with Crippen LogP contribution in [0.2, 0.25) is 0 Å². The molecule has 4 atom stereocenters. The maximum atomic E-state index is 14.1. The van der Waals surface area contributed by atoms with Crippen LogP contribution >= 0.6 is 0 Å². The summed E-state index contributed by atoms with van der Waals surface area (Å²) in [6, 6.07) is 36.4. The third-order valence-electron chi connectivity index (χ3n) is 12.5. The van der Waals surface area contributed by atoms with E-state index in [2.05, 4.69) is 64.5 Å². The van der Waals surface area contributed by atoms with Crippen LogP contribution in [0.5, 0.6) is 0 Å². The summed E-state index contributed by atoms with van der Waals surface area (Å²) in [5, 5.41) is 11.9. The lowest BCUT2D eigenvalue weighted by molar-refractivity contribution is -0.157. The Labute approximate surface area is 369 Å². The van der Waals surface area contributed by atoms with Gasteiger partial charge in [0.2, 0.25) is 5.54 Å². The van der Waals surface area contributed by atoms with Gasteiger partial charge in [0, 0.05) is 25.7 Å². The average molecular weight is 856 g/mol. The van der Waals surface area contributed by atoms with Gasteiger partial charge >= 0.3 is 12.1 Å². The molecule has 2 aliphatic rings. The van der Waals surface area contributed by atoms with E-state index in [9.17, 15) is 24.3 Å². The molecular formula is C50H47N8O6. The molecule has 0 spiro atoms. The molecule has 0 bridgehead atoms. The van der Waals surface area contributed by atoms with E-state index < -0.39 is 29.6 Å². The van der Waals surface area contributed by atoms with E-state index in [0.717, 1.165) is 62.2 Å². The van der Waals surface area contributed by atoms with Crippen molar-refractivity contribution < 1.29 is 29.0 Å². The smallest absolute Gasteiger partial charge is 0.408 e. The second-order valence-electron chi connectivity index (χ2n) is 16.3. The number of carbonyl (C=O) groups is 4. The lowest BCUT2D eigenvalue weighted by atomic mass is 9.89. The molecule has 5 N–H and O–H groups in total. The molecule has 0 saturated carbocycles. The number of benzene rings is 5. The minimum absolute atomic E-state index is 0.331. The summed E-state index contributed by atoms with van der Waals surface area (Å²) in [5.41, 5.74) is 11.1. The lowest BCUT2D eigenvalue weighted by Gasteiger charge is -2.33. The van der Waals surface area contributed by atoms with Gasteiger partial charge in [-0.2, -0.15) is 0 Å². The Kier molecular flexibility index (Phi) is 11.3. The van der Waals surface area contributed by atoms with Crippen LogP contribution in [-0.4, -0.2) is 83.8 Å². The zero-order valence-corrected chi connectivity index (χ0v) is 35.2. The summed E-state index contributed by atoms with van der Waals surface area (Å²) in [6.45, 7) is 0.916. The third kappa shape index (κ3) is 7.66. The van der Waals surface area contributed by atoms with E-state index >= 15 is 0 Å². The number of esters is 1. The Bertz CT molecular complexity index is 2840. The number of likely N-dealkylation sites (tertiary alicyclic amines) is 2. The maximum Gasteiger partial charge on any atom is 0.408 e. The van der Waals surface area contributed by atoms with Crippen molar-refractivity contribution in [1.29, 1.82) is 0 Å². The van der Waals surface area contributed by atoms with E-state index in [-0.39, 0.29) is 18.0 Å². The molecule has 323 valence electrons. The Hall–Kier alpha value is -7.58. The number of rotatable bonds is 11. The van der Waals surface area contributed by atoms with Gasteiger partial charge in [-0.3, -0.25) is 14.5 Å². The van der Waals surface area contributed by atoms with E-state index in [1.54, 1.807) is 76.8 Å². The van der Waals surface area contributed by atoms with Gasteiger partial charge in [0.1, 0.15) is 17.7 Å². The van der Waals surface area contributed by atoms with Crippen molar-refractivity contribution in [3.8, 4) is 33.6 Å². The Morgan fingerprint density at radius 2 is 1.25 bits per heavy atom. The number of hydrogen-bond donors (Lipinski definition) is 4. The average Bonchev–Trinajstić information content (AvgIpc) is 4.19. The number of H-pyrrole nitrogens is 2. The molecule has 9 rings (SSSR count). The Balaban J connectivity index is 0.888. The first-order valence-electron chi connectivity index (χ1n) is 21.2. The molecule has 2 aliphatic heterocycles. The molecule has 5 aromatic carbocycles. The fourth-order valence-electron chi connectivity index (χ4n) is 9.13. The summed E-state index contributed by atoms with van der Waals surface area (Å²) in [7, 11) is 4.91. The standard InChI is InChI=1S/C50H47N8O6/c1-56(49(62)63)43(33-11-5-3-6-12-33)46(59)57-25-9-15-41(57)44-52-29-39(54-44)32-19-17-31(18-20-32)34-21-22-36-28-37(24-23-35(36)27-34)40-30-53-45(55-40)42-16-10-26-58(42)47(60)50(51,48(61)64-2)38-13-7-4-8-14-38/h3-8,11-14,17-24,27-30,41-43H,1,9-10,15-16,25-26,51H2,2H3,(H,52,54)(H,53,55)(H,62,63). The number of aromatic amines is 2. The topological polar surface area (TPSA) is 191 Å². The molecule has 14 nitrogen and oxygen atoms in total. The summed E-state index contributed by atoms with van der Waals surface area (Å²) < 4.78 is 5.03. The molecule has 14 heteroatoms. The monoisotopic (exact) mass is 855 g/mol. The first kappa shape index (κ1) is 41.8. The zero-order chi connectivity index (χ0) is 44.5. The van der Waals surface area contributed by atoms with Crippen LogP contribution in [0.3, 0.4) is 0 Å². The number of amides is 3. The molecule has 2 saturated heterocycles. The number of ether oxygens (including phenoxy) is 1. The molecule has 2 aromatic heterocycles. The van der Waals surface area contributed by atoms with Crippen LogP contribution < -0.4 is 5.73 Å². The minimum Gasteiger partial charge on any atom is -0.467 e. The number of imidazole rings is 2. The number of nitrogens with zero attached hydrogens (tertiary/aromatic N) is 5. The number of aromatic nitrogens is 4. The largest absolute Gasteiger partial charge is 0.467 e. The zero-order valence-electron chi connectivity index (χ0n) is 35.2. The van der Waals surface area contributed by atoms with Crippen LogP contribution in [0.1, 0.15) is 66.6 Å². The normalized spacial score (nSPS) is 17.5. The summed E-state index contributed by atoms with van der Waals surface area (Å²) in [6.07, 6.45) is 5.12. The first-order valence-corrected chi connectivity index (χ1v) is 21.2.